The molecule has 3 rings (SSSR count). The number of halogens is 2. The van der Waals surface area contributed by atoms with E-state index in [9.17, 15) is 17.2 Å². The summed E-state index contributed by atoms with van der Waals surface area (Å²) in [7, 11) is -3.66. The van der Waals surface area contributed by atoms with Gasteiger partial charge in [-0.2, -0.15) is 0 Å². The number of sulfonamides is 1. The summed E-state index contributed by atoms with van der Waals surface area (Å²) in [5, 5.41) is 0. The van der Waals surface area contributed by atoms with E-state index in [2.05, 4.69) is 9.62 Å². The van der Waals surface area contributed by atoms with E-state index >= 15 is 0 Å². The highest BCUT2D eigenvalue weighted by Crippen LogP contribution is 2.20. The minimum atomic E-state index is -3.66. The average Bonchev–Trinajstić information content (AvgIpc) is 2.65. The summed E-state index contributed by atoms with van der Waals surface area (Å²) in [4.78, 5) is 4.19. The van der Waals surface area contributed by atoms with Gasteiger partial charge in [-0.25, -0.2) is 21.9 Å². The molecule has 0 bridgehead atoms. The number of nitrogens with one attached hydrogen (secondary N) is 1. The molecule has 0 unspecified atom stereocenters. The first-order chi connectivity index (χ1) is 12.9. The number of aryl methyl sites for hydroxylation is 1. The fraction of sp³-hybridized carbons (Fsp3) is 0.368. The molecule has 1 fully saturated rings. The van der Waals surface area contributed by atoms with Gasteiger partial charge < -0.3 is 4.90 Å². The molecule has 0 spiro atoms. The van der Waals surface area contributed by atoms with Crippen molar-refractivity contribution in [2.75, 3.05) is 44.2 Å². The van der Waals surface area contributed by atoms with Crippen molar-refractivity contribution in [1.82, 2.24) is 9.62 Å². The highest BCUT2D eigenvalue weighted by atomic mass is 32.2. The van der Waals surface area contributed by atoms with E-state index in [0.717, 1.165) is 19.2 Å². The summed E-state index contributed by atoms with van der Waals surface area (Å²) in [6.45, 7) is 5.18. The van der Waals surface area contributed by atoms with Crippen LogP contribution in [0.3, 0.4) is 0 Å². The van der Waals surface area contributed by atoms with Crippen LogP contribution < -0.4 is 9.62 Å². The van der Waals surface area contributed by atoms with Gasteiger partial charge in [-0.1, -0.05) is 12.1 Å². The smallest absolute Gasteiger partial charge is 0.240 e. The van der Waals surface area contributed by atoms with Crippen LogP contribution in [0.4, 0.5) is 14.5 Å². The van der Waals surface area contributed by atoms with Gasteiger partial charge in [-0.05, 0) is 42.8 Å². The molecule has 0 radical (unpaired) electrons. The van der Waals surface area contributed by atoms with E-state index in [4.69, 9.17) is 0 Å². The van der Waals surface area contributed by atoms with Gasteiger partial charge in [0.15, 0.2) is 0 Å². The molecule has 27 heavy (non-hydrogen) atoms. The molecule has 1 aliphatic heterocycles. The lowest BCUT2D eigenvalue weighted by atomic mass is 10.2. The number of piperazine rings is 1. The predicted molar refractivity (Wildman–Crippen MR) is 101 cm³/mol. The summed E-state index contributed by atoms with van der Waals surface area (Å²) in [5.74, 6) is -0.657. The van der Waals surface area contributed by atoms with Crippen LogP contribution >= 0.6 is 0 Å². The van der Waals surface area contributed by atoms with Crippen molar-refractivity contribution in [1.29, 1.82) is 0 Å². The third-order valence-electron chi connectivity index (χ3n) is 4.73. The van der Waals surface area contributed by atoms with Gasteiger partial charge in [-0.15, -0.1) is 0 Å². The van der Waals surface area contributed by atoms with Gasteiger partial charge in [-0.3, -0.25) is 4.90 Å². The molecule has 5 nitrogen and oxygen atoms in total. The molecule has 8 heteroatoms. The first kappa shape index (κ1) is 19.7. The highest BCUT2D eigenvalue weighted by molar-refractivity contribution is 7.89. The molecular formula is C19H23F2N3O2S. The normalized spacial score (nSPS) is 15.9. The van der Waals surface area contributed by atoms with Crippen molar-refractivity contribution in [3.8, 4) is 0 Å². The Balaban J connectivity index is 1.49. The van der Waals surface area contributed by atoms with Crippen molar-refractivity contribution < 1.29 is 17.2 Å². The minimum Gasteiger partial charge on any atom is -0.367 e. The molecule has 1 heterocycles. The number of nitrogens with zero attached hydrogens (tertiary/aromatic N) is 2. The zero-order valence-corrected chi connectivity index (χ0v) is 16.0. The van der Waals surface area contributed by atoms with Crippen molar-refractivity contribution in [3.05, 3.63) is 59.7 Å². The standard InChI is InChI=1S/C19H23F2N3O2S/c1-15-14-16(6-7-17(15)20)27(25,26)22-8-9-23-10-12-24(13-11-23)19-5-3-2-4-18(19)21/h2-7,14,22H,8-13H2,1H3. The number of rotatable bonds is 6. The van der Waals surface area contributed by atoms with E-state index < -0.39 is 15.8 Å². The Morgan fingerprint density at radius 3 is 2.37 bits per heavy atom. The van der Waals surface area contributed by atoms with Crippen LogP contribution in [0.5, 0.6) is 0 Å². The van der Waals surface area contributed by atoms with E-state index in [0.29, 0.717) is 30.9 Å². The summed E-state index contributed by atoms with van der Waals surface area (Å²) in [6, 6.07) is 10.5. The van der Waals surface area contributed by atoms with Gasteiger partial charge in [0.25, 0.3) is 0 Å². The number of para-hydroxylation sites is 1. The lowest BCUT2D eigenvalue weighted by Crippen LogP contribution is -2.48. The zero-order chi connectivity index (χ0) is 19.4. The van der Waals surface area contributed by atoms with E-state index in [1.165, 1.54) is 25.1 Å². The van der Waals surface area contributed by atoms with Crippen molar-refractivity contribution in [2.45, 2.75) is 11.8 Å². The molecule has 2 aromatic rings. The highest BCUT2D eigenvalue weighted by Gasteiger charge is 2.20. The summed E-state index contributed by atoms with van der Waals surface area (Å²) >= 11 is 0. The van der Waals surface area contributed by atoms with Crippen molar-refractivity contribution in [2.24, 2.45) is 0 Å². The maximum Gasteiger partial charge on any atom is 0.240 e. The third-order valence-corrected chi connectivity index (χ3v) is 6.18. The van der Waals surface area contributed by atoms with Crippen molar-refractivity contribution >= 4 is 15.7 Å². The molecule has 0 amide bonds. The Morgan fingerprint density at radius 2 is 1.70 bits per heavy atom. The number of hydrogen-bond donors (Lipinski definition) is 1. The van der Waals surface area contributed by atoms with Crippen molar-refractivity contribution in [3.63, 3.8) is 0 Å². The molecule has 0 aromatic heterocycles. The number of anilines is 1. The molecule has 1 N–H and O–H groups in total. The zero-order valence-electron chi connectivity index (χ0n) is 15.2. The van der Waals surface area contributed by atoms with Crippen LogP contribution in [0.1, 0.15) is 5.56 Å². The SMILES string of the molecule is Cc1cc(S(=O)(=O)NCCN2CCN(c3ccccc3F)CC2)ccc1F. The van der Waals surface area contributed by atoms with Gasteiger partial charge in [0, 0.05) is 39.3 Å². The van der Waals surface area contributed by atoms with Gasteiger partial charge in [0.2, 0.25) is 10.0 Å². The van der Waals surface area contributed by atoms with E-state index in [1.807, 2.05) is 11.0 Å². The van der Waals surface area contributed by atoms with Crippen LogP contribution in [-0.4, -0.2) is 52.6 Å². The fourth-order valence-electron chi connectivity index (χ4n) is 3.13. The van der Waals surface area contributed by atoms with Crippen LogP contribution in [-0.2, 0) is 10.0 Å². The molecule has 2 aromatic carbocycles. The third kappa shape index (κ3) is 4.82. The minimum absolute atomic E-state index is 0.0609. The number of benzene rings is 2. The summed E-state index contributed by atoms with van der Waals surface area (Å²) < 4.78 is 54.4. The first-order valence-corrected chi connectivity index (χ1v) is 10.3. The van der Waals surface area contributed by atoms with Crippen LogP contribution in [0, 0.1) is 18.6 Å². The van der Waals surface area contributed by atoms with Crippen LogP contribution in [0.15, 0.2) is 47.4 Å². The Morgan fingerprint density at radius 1 is 1.00 bits per heavy atom. The molecular weight excluding hydrogens is 372 g/mol. The maximum atomic E-state index is 13.9. The van der Waals surface area contributed by atoms with Gasteiger partial charge in [0.05, 0.1) is 10.6 Å². The van der Waals surface area contributed by atoms with E-state index in [-0.39, 0.29) is 17.3 Å². The maximum absolute atomic E-state index is 13.9. The first-order valence-electron chi connectivity index (χ1n) is 8.84. The quantitative estimate of drug-likeness (QED) is 0.816. The van der Waals surface area contributed by atoms with Crippen LogP contribution in [0.25, 0.3) is 0 Å². The van der Waals surface area contributed by atoms with Crippen LogP contribution in [0.2, 0.25) is 0 Å². The Hall–Kier alpha value is -2.03. The fourth-order valence-corrected chi connectivity index (χ4v) is 4.23. The van der Waals surface area contributed by atoms with Gasteiger partial charge >= 0.3 is 0 Å². The predicted octanol–water partition coefficient (Wildman–Crippen LogP) is 2.37. The number of hydrogen-bond acceptors (Lipinski definition) is 4. The second-order valence-electron chi connectivity index (χ2n) is 6.59. The topological polar surface area (TPSA) is 52.7 Å². The Kier molecular flexibility index (Phi) is 6.08. The monoisotopic (exact) mass is 395 g/mol. The second-order valence-corrected chi connectivity index (χ2v) is 8.36. The molecule has 0 atom stereocenters. The average molecular weight is 395 g/mol. The Labute approximate surface area is 158 Å². The van der Waals surface area contributed by atoms with E-state index in [1.54, 1.807) is 12.1 Å². The second kappa shape index (κ2) is 8.33. The lowest BCUT2D eigenvalue weighted by molar-refractivity contribution is 0.261. The van der Waals surface area contributed by atoms with Gasteiger partial charge in [0.1, 0.15) is 11.6 Å². The summed E-state index contributed by atoms with van der Waals surface area (Å²) in [5.41, 5.74) is 0.895. The Bertz CT molecular complexity index is 898. The lowest BCUT2D eigenvalue weighted by Gasteiger charge is -2.36. The molecule has 0 aliphatic carbocycles. The summed E-state index contributed by atoms with van der Waals surface area (Å²) in [6.07, 6.45) is 0. The molecule has 1 aliphatic rings. The largest absolute Gasteiger partial charge is 0.367 e. The molecule has 0 saturated carbocycles. The molecule has 1 saturated heterocycles. The molecule has 146 valence electrons.